The molecule has 1 rings (SSSR count). The van der Waals surface area contributed by atoms with Crippen molar-refractivity contribution in [2.75, 3.05) is 0 Å². The molecular weight excluding hydrogens is 210 g/mol. The van der Waals surface area contributed by atoms with E-state index in [9.17, 15) is 9.59 Å². The van der Waals surface area contributed by atoms with E-state index < -0.39 is 22.8 Å². The van der Waals surface area contributed by atoms with E-state index in [1.807, 2.05) is 0 Å². The van der Waals surface area contributed by atoms with Crippen LogP contribution in [0.15, 0.2) is 17.1 Å². The molecule has 0 fully saturated rings. The smallest absolute Gasteiger partial charge is 0.345 e. The van der Waals surface area contributed by atoms with Crippen LogP contribution in [-0.2, 0) is 6.54 Å². The number of pyridine rings is 1. The number of carboxylic acids is 1. The fourth-order valence-corrected chi connectivity index (χ4v) is 1.01. The van der Waals surface area contributed by atoms with Crippen LogP contribution < -0.4 is 5.56 Å². The Morgan fingerprint density at radius 1 is 1.57 bits per heavy atom. The van der Waals surface area contributed by atoms with Crippen LogP contribution in [0.4, 0.5) is 0 Å². The van der Waals surface area contributed by atoms with E-state index in [0.29, 0.717) is 6.54 Å². The molecule has 78 valence electrons. The van der Waals surface area contributed by atoms with Gasteiger partial charge in [-0.3, -0.25) is 4.79 Å². The van der Waals surface area contributed by atoms with Crippen molar-refractivity contribution in [1.82, 2.24) is 4.57 Å². The highest BCUT2D eigenvalue weighted by atomic mass is 35.5. The van der Waals surface area contributed by atoms with E-state index in [2.05, 4.69) is 0 Å². The monoisotopic (exact) mass is 219 g/mol. The summed E-state index contributed by atoms with van der Waals surface area (Å²) in [5.41, 5.74) is -1.26. The van der Waals surface area contributed by atoms with Crippen LogP contribution in [0, 0.1) is 0 Å². The summed E-state index contributed by atoms with van der Waals surface area (Å²) in [4.78, 5) is 21.8. The molecule has 0 aromatic carbocycles. The third-order valence-corrected chi connectivity index (χ3v) is 1.70. The van der Waals surface area contributed by atoms with Crippen LogP contribution >= 0.6 is 12.4 Å². The first-order valence-electron chi connectivity index (χ1n) is 3.73. The second kappa shape index (κ2) is 4.66. The van der Waals surface area contributed by atoms with Gasteiger partial charge in [0.2, 0.25) is 0 Å². The van der Waals surface area contributed by atoms with Gasteiger partial charge in [0.1, 0.15) is 5.75 Å². The number of nitrogens with zero attached hydrogens (tertiary/aromatic N) is 1. The number of carboxylic acid groups (broad SMARTS) is 1. The first-order chi connectivity index (χ1) is 6.07. The number of aromatic hydroxyl groups is 1. The topological polar surface area (TPSA) is 79.5 Å². The lowest BCUT2D eigenvalue weighted by Crippen LogP contribution is -2.25. The maximum absolute atomic E-state index is 11.3. The summed E-state index contributed by atoms with van der Waals surface area (Å²) in [5, 5.41) is 17.7. The highest BCUT2D eigenvalue weighted by Gasteiger charge is 2.15. The molecule has 5 nitrogen and oxygen atoms in total. The molecule has 0 aliphatic heterocycles. The van der Waals surface area contributed by atoms with Gasteiger partial charge >= 0.3 is 5.97 Å². The predicted octanol–water partition coefficient (Wildman–Crippen LogP) is 0.694. The Bertz CT molecular complexity index is 399. The zero-order chi connectivity index (χ0) is 10.0. The van der Waals surface area contributed by atoms with Gasteiger partial charge in [-0.25, -0.2) is 4.79 Å². The number of rotatable bonds is 2. The number of halogens is 1. The molecule has 0 unspecified atom stereocenters. The van der Waals surface area contributed by atoms with Gasteiger partial charge in [-0.15, -0.1) is 12.4 Å². The van der Waals surface area contributed by atoms with Crippen LogP contribution in [-0.4, -0.2) is 20.7 Å². The SMILES string of the molecule is CCn1ccc(O)c(C(=O)O)c1=O.Cl. The zero-order valence-corrected chi connectivity index (χ0v) is 8.24. The molecule has 0 saturated heterocycles. The van der Waals surface area contributed by atoms with Gasteiger partial charge in [0.25, 0.3) is 5.56 Å². The first-order valence-corrected chi connectivity index (χ1v) is 3.73. The molecule has 0 aliphatic rings. The molecule has 0 radical (unpaired) electrons. The highest BCUT2D eigenvalue weighted by Crippen LogP contribution is 2.10. The minimum atomic E-state index is -1.41. The molecule has 0 spiro atoms. The average Bonchev–Trinajstić information content (AvgIpc) is 2.04. The van der Waals surface area contributed by atoms with Gasteiger partial charge in [0.05, 0.1) is 0 Å². The molecule has 1 aromatic heterocycles. The van der Waals surface area contributed by atoms with E-state index in [1.54, 1.807) is 6.92 Å². The van der Waals surface area contributed by atoms with Gasteiger partial charge in [-0.05, 0) is 13.0 Å². The Hall–Kier alpha value is -1.49. The Labute approximate surface area is 86.0 Å². The van der Waals surface area contributed by atoms with Crippen molar-refractivity contribution >= 4 is 18.4 Å². The summed E-state index contributed by atoms with van der Waals surface area (Å²) in [5.74, 6) is -1.91. The minimum absolute atomic E-state index is 0. The molecule has 1 heterocycles. The fourth-order valence-electron chi connectivity index (χ4n) is 1.01. The second-order valence-electron chi connectivity index (χ2n) is 2.47. The lowest BCUT2D eigenvalue weighted by atomic mass is 10.2. The summed E-state index contributed by atoms with van der Waals surface area (Å²) in [6.45, 7) is 2.09. The van der Waals surface area contributed by atoms with Crippen LogP contribution in [0.25, 0.3) is 0 Å². The number of aromatic carboxylic acids is 1. The summed E-state index contributed by atoms with van der Waals surface area (Å²) in [6, 6.07) is 1.19. The maximum Gasteiger partial charge on any atom is 0.345 e. The molecule has 0 amide bonds. The van der Waals surface area contributed by atoms with Crippen molar-refractivity contribution in [3.8, 4) is 5.75 Å². The standard InChI is InChI=1S/C8H9NO4.ClH/c1-2-9-4-3-5(10)6(7(9)11)8(12)13;/h3-4,10H,2H2,1H3,(H,12,13);1H. The third kappa shape index (κ3) is 2.05. The lowest BCUT2D eigenvalue weighted by molar-refractivity contribution is 0.0691. The van der Waals surface area contributed by atoms with Crippen LogP contribution in [0.1, 0.15) is 17.3 Å². The fraction of sp³-hybridized carbons (Fsp3) is 0.250. The average molecular weight is 220 g/mol. The first kappa shape index (κ1) is 12.5. The number of aromatic nitrogens is 1. The van der Waals surface area contributed by atoms with Gasteiger partial charge in [0.15, 0.2) is 5.56 Å². The van der Waals surface area contributed by atoms with Gasteiger partial charge in [-0.1, -0.05) is 0 Å². The van der Waals surface area contributed by atoms with Crippen LogP contribution in [0.2, 0.25) is 0 Å². The summed E-state index contributed by atoms with van der Waals surface area (Å²) in [7, 11) is 0. The number of aryl methyl sites for hydroxylation is 1. The largest absolute Gasteiger partial charge is 0.507 e. The molecule has 2 N–H and O–H groups in total. The lowest BCUT2D eigenvalue weighted by Gasteiger charge is -2.03. The predicted molar refractivity (Wildman–Crippen MR) is 52.2 cm³/mol. The zero-order valence-electron chi connectivity index (χ0n) is 7.43. The molecule has 14 heavy (non-hydrogen) atoms. The second-order valence-corrected chi connectivity index (χ2v) is 2.47. The van der Waals surface area contributed by atoms with Crippen molar-refractivity contribution in [1.29, 1.82) is 0 Å². The molecular formula is C8H10ClNO4. The molecule has 0 aliphatic carbocycles. The summed E-state index contributed by atoms with van der Waals surface area (Å²) in [6.07, 6.45) is 1.35. The Balaban J connectivity index is 0.00000169. The molecule has 0 bridgehead atoms. The van der Waals surface area contributed by atoms with Crippen LogP contribution in [0.3, 0.4) is 0 Å². The normalized spacial score (nSPS) is 9.21. The maximum atomic E-state index is 11.3. The van der Waals surface area contributed by atoms with Crippen molar-refractivity contribution in [3.05, 3.63) is 28.2 Å². The van der Waals surface area contributed by atoms with E-state index in [1.165, 1.54) is 16.8 Å². The number of hydrogen-bond acceptors (Lipinski definition) is 3. The highest BCUT2D eigenvalue weighted by molar-refractivity contribution is 5.90. The van der Waals surface area contributed by atoms with E-state index in [4.69, 9.17) is 10.2 Å². The van der Waals surface area contributed by atoms with Crippen molar-refractivity contribution < 1.29 is 15.0 Å². The van der Waals surface area contributed by atoms with Gasteiger partial charge in [-0.2, -0.15) is 0 Å². The molecule has 1 aromatic rings. The number of hydrogen-bond donors (Lipinski definition) is 2. The third-order valence-electron chi connectivity index (χ3n) is 1.70. The van der Waals surface area contributed by atoms with Crippen molar-refractivity contribution in [2.45, 2.75) is 13.5 Å². The van der Waals surface area contributed by atoms with E-state index in [0.717, 1.165) is 0 Å². The number of carbonyl (C=O) groups is 1. The Morgan fingerprint density at radius 3 is 2.57 bits per heavy atom. The Morgan fingerprint density at radius 2 is 2.14 bits per heavy atom. The van der Waals surface area contributed by atoms with Crippen molar-refractivity contribution in [2.24, 2.45) is 0 Å². The summed E-state index contributed by atoms with van der Waals surface area (Å²) < 4.78 is 1.21. The Kier molecular flexibility index (Phi) is 4.17. The molecule has 0 saturated carbocycles. The summed E-state index contributed by atoms with van der Waals surface area (Å²) >= 11 is 0. The van der Waals surface area contributed by atoms with Gasteiger partial charge < -0.3 is 14.8 Å². The van der Waals surface area contributed by atoms with Gasteiger partial charge in [0, 0.05) is 12.7 Å². The minimum Gasteiger partial charge on any atom is -0.507 e. The molecule has 0 atom stereocenters. The quantitative estimate of drug-likeness (QED) is 0.767. The van der Waals surface area contributed by atoms with Crippen molar-refractivity contribution in [3.63, 3.8) is 0 Å². The molecule has 6 heteroatoms. The van der Waals surface area contributed by atoms with E-state index >= 15 is 0 Å². The van der Waals surface area contributed by atoms with E-state index in [-0.39, 0.29) is 12.4 Å². The van der Waals surface area contributed by atoms with Crippen LogP contribution in [0.5, 0.6) is 5.75 Å².